The first-order chi connectivity index (χ1) is 12.9. The molecule has 0 spiro atoms. The highest BCUT2D eigenvalue weighted by Crippen LogP contribution is 2.32. The Bertz CT molecular complexity index is 878. The lowest BCUT2D eigenvalue weighted by Gasteiger charge is -2.23. The smallest absolute Gasteiger partial charge is 0.265 e. The molecule has 2 N–H and O–H groups in total. The first-order valence-electron chi connectivity index (χ1n) is 8.67. The molecule has 27 heavy (non-hydrogen) atoms. The Labute approximate surface area is 162 Å². The third-order valence-corrected chi connectivity index (χ3v) is 4.93. The normalized spacial score (nSPS) is 15.6. The number of ether oxygens (including phenoxy) is 1. The highest BCUT2D eigenvalue weighted by molar-refractivity contribution is 7.98. The van der Waals surface area contributed by atoms with Crippen molar-refractivity contribution in [2.45, 2.75) is 44.9 Å². The Kier molecular flexibility index (Phi) is 5.65. The van der Waals surface area contributed by atoms with Crippen molar-refractivity contribution in [1.82, 2.24) is 9.97 Å². The van der Waals surface area contributed by atoms with Crippen LogP contribution in [0.25, 0.3) is 0 Å². The number of fused-ring (bicyclic) bond motifs is 1. The maximum absolute atomic E-state index is 12.3. The monoisotopic (exact) mass is 386 g/mol. The minimum Gasteiger partial charge on any atom is -0.479 e. The lowest BCUT2D eigenvalue weighted by atomic mass is 10.1. The van der Waals surface area contributed by atoms with Gasteiger partial charge in [-0.15, -0.1) is 0 Å². The van der Waals surface area contributed by atoms with E-state index in [1.165, 1.54) is 11.8 Å². The molecule has 0 fully saturated rings. The van der Waals surface area contributed by atoms with Gasteiger partial charge in [-0.3, -0.25) is 9.59 Å². The summed E-state index contributed by atoms with van der Waals surface area (Å²) in [6.07, 6.45) is 2.30. The van der Waals surface area contributed by atoms with Crippen molar-refractivity contribution in [3.63, 3.8) is 0 Å². The predicted molar refractivity (Wildman–Crippen MR) is 105 cm³/mol. The molecule has 142 valence electrons. The van der Waals surface area contributed by atoms with Crippen LogP contribution in [0.5, 0.6) is 5.75 Å². The van der Waals surface area contributed by atoms with Gasteiger partial charge in [0.05, 0.1) is 5.69 Å². The number of nitrogens with zero attached hydrogens (tertiary/aromatic N) is 2. The molecule has 3 rings (SSSR count). The van der Waals surface area contributed by atoms with Crippen molar-refractivity contribution < 1.29 is 14.3 Å². The van der Waals surface area contributed by atoms with Crippen LogP contribution in [0, 0.1) is 13.8 Å². The number of aryl methyl sites for hydroxylation is 2. The maximum Gasteiger partial charge on any atom is 0.265 e. The van der Waals surface area contributed by atoms with E-state index in [-0.39, 0.29) is 11.8 Å². The van der Waals surface area contributed by atoms with Crippen molar-refractivity contribution in [1.29, 1.82) is 0 Å². The van der Waals surface area contributed by atoms with Gasteiger partial charge >= 0.3 is 0 Å². The van der Waals surface area contributed by atoms with Gasteiger partial charge < -0.3 is 15.4 Å². The highest BCUT2D eigenvalue weighted by atomic mass is 32.2. The number of anilines is 2. The lowest BCUT2D eigenvalue weighted by Crippen LogP contribution is -2.34. The SMILES string of the molecule is CSc1nc(C)c(CCC(=O)Nc2ccc3c(c2)NC(=O)[C@H](C)O3)c(C)n1. The van der Waals surface area contributed by atoms with Crippen LogP contribution < -0.4 is 15.4 Å². The van der Waals surface area contributed by atoms with E-state index in [1.54, 1.807) is 25.1 Å². The molecule has 8 heteroatoms. The fourth-order valence-electron chi connectivity index (χ4n) is 2.91. The molecule has 1 aliphatic rings. The number of thioether (sulfide) groups is 1. The van der Waals surface area contributed by atoms with Gasteiger partial charge in [0.1, 0.15) is 5.75 Å². The number of rotatable bonds is 5. The molecule has 1 aromatic carbocycles. The Morgan fingerprint density at radius 1 is 1.30 bits per heavy atom. The number of nitrogens with one attached hydrogen (secondary N) is 2. The summed E-state index contributed by atoms with van der Waals surface area (Å²) < 4.78 is 5.51. The van der Waals surface area contributed by atoms with E-state index < -0.39 is 6.10 Å². The second-order valence-corrected chi connectivity index (χ2v) is 7.14. The van der Waals surface area contributed by atoms with E-state index in [9.17, 15) is 9.59 Å². The molecule has 0 bridgehead atoms. The van der Waals surface area contributed by atoms with Crippen LogP contribution in [-0.4, -0.2) is 34.1 Å². The van der Waals surface area contributed by atoms with Gasteiger partial charge in [0.2, 0.25) is 5.91 Å². The number of aromatic nitrogens is 2. The van der Waals surface area contributed by atoms with Crippen molar-refractivity contribution in [2.24, 2.45) is 0 Å². The molecule has 1 aliphatic heterocycles. The summed E-state index contributed by atoms with van der Waals surface area (Å²) in [4.78, 5) is 32.9. The molecule has 0 saturated heterocycles. The predicted octanol–water partition coefficient (Wildman–Crippen LogP) is 3.11. The van der Waals surface area contributed by atoms with Crippen LogP contribution in [0.15, 0.2) is 23.4 Å². The van der Waals surface area contributed by atoms with Gasteiger partial charge in [-0.1, -0.05) is 11.8 Å². The molecule has 0 aliphatic carbocycles. The average molecular weight is 386 g/mol. The summed E-state index contributed by atoms with van der Waals surface area (Å²) in [5.74, 6) is 0.280. The summed E-state index contributed by atoms with van der Waals surface area (Å²) in [5, 5.41) is 6.37. The van der Waals surface area contributed by atoms with Gasteiger partial charge in [0.15, 0.2) is 11.3 Å². The lowest BCUT2D eigenvalue weighted by molar-refractivity contribution is -0.122. The summed E-state index contributed by atoms with van der Waals surface area (Å²) >= 11 is 1.50. The number of benzene rings is 1. The van der Waals surface area contributed by atoms with Gasteiger partial charge in [-0.2, -0.15) is 0 Å². The summed E-state index contributed by atoms with van der Waals surface area (Å²) in [6, 6.07) is 5.20. The highest BCUT2D eigenvalue weighted by Gasteiger charge is 2.23. The van der Waals surface area contributed by atoms with Crippen molar-refractivity contribution in [3.8, 4) is 5.75 Å². The van der Waals surface area contributed by atoms with Gasteiger partial charge in [-0.05, 0) is 57.2 Å². The van der Waals surface area contributed by atoms with Crippen LogP contribution in [-0.2, 0) is 16.0 Å². The number of amides is 2. The molecule has 2 amide bonds. The molecular weight excluding hydrogens is 364 g/mol. The molecule has 0 unspecified atom stereocenters. The van der Waals surface area contributed by atoms with E-state index in [1.807, 2.05) is 20.1 Å². The second-order valence-electron chi connectivity index (χ2n) is 6.37. The molecular formula is C19H22N4O3S. The Morgan fingerprint density at radius 2 is 2.00 bits per heavy atom. The Hall–Kier alpha value is -2.61. The fourth-order valence-corrected chi connectivity index (χ4v) is 3.37. The minimum absolute atomic E-state index is 0.112. The molecule has 2 heterocycles. The second kappa shape index (κ2) is 7.96. The van der Waals surface area contributed by atoms with Gasteiger partial charge in [-0.25, -0.2) is 9.97 Å². The summed E-state index contributed by atoms with van der Waals surface area (Å²) in [7, 11) is 0. The van der Waals surface area contributed by atoms with Gasteiger partial charge in [0, 0.05) is 23.5 Å². The molecule has 0 radical (unpaired) electrons. The molecule has 0 saturated carbocycles. The van der Waals surface area contributed by atoms with E-state index in [4.69, 9.17) is 4.74 Å². The zero-order valence-electron chi connectivity index (χ0n) is 15.8. The van der Waals surface area contributed by atoms with E-state index >= 15 is 0 Å². The molecule has 1 aromatic heterocycles. The van der Waals surface area contributed by atoms with Crippen LogP contribution in [0.4, 0.5) is 11.4 Å². The third kappa shape index (κ3) is 4.39. The largest absolute Gasteiger partial charge is 0.479 e. The van der Waals surface area contributed by atoms with Crippen molar-refractivity contribution >= 4 is 35.0 Å². The fraction of sp³-hybridized carbons (Fsp3) is 0.368. The minimum atomic E-state index is -0.524. The van der Waals surface area contributed by atoms with E-state index in [0.29, 0.717) is 30.0 Å². The Morgan fingerprint density at radius 3 is 2.67 bits per heavy atom. The van der Waals surface area contributed by atoms with Crippen LogP contribution in [0.1, 0.15) is 30.3 Å². The number of hydrogen-bond acceptors (Lipinski definition) is 6. The molecule has 1 atom stereocenters. The molecule has 2 aromatic rings. The summed E-state index contributed by atoms with van der Waals surface area (Å²) in [6.45, 7) is 5.57. The van der Waals surface area contributed by atoms with Gasteiger partial charge in [0.25, 0.3) is 5.91 Å². The van der Waals surface area contributed by atoms with Crippen LogP contribution >= 0.6 is 11.8 Å². The Balaban J connectivity index is 1.64. The van der Waals surface area contributed by atoms with E-state index in [0.717, 1.165) is 22.1 Å². The maximum atomic E-state index is 12.3. The zero-order chi connectivity index (χ0) is 19.6. The van der Waals surface area contributed by atoms with Crippen LogP contribution in [0.2, 0.25) is 0 Å². The first-order valence-corrected chi connectivity index (χ1v) is 9.89. The summed E-state index contributed by atoms with van der Waals surface area (Å²) in [5.41, 5.74) is 3.98. The quantitative estimate of drug-likeness (QED) is 0.606. The molecule has 7 nitrogen and oxygen atoms in total. The standard InChI is InChI=1S/C19H22N4O3S/c1-10-14(11(2)21-19(20-10)27-4)6-8-17(24)22-13-5-7-16-15(9-13)23-18(25)12(3)26-16/h5,7,9,12H,6,8H2,1-4H3,(H,22,24)(H,23,25)/t12-/m0/s1. The van der Waals surface area contributed by atoms with Crippen molar-refractivity contribution in [3.05, 3.63) is 35.2 Å². The van der Waals surface area contributed by atoms with E-state index in [2.05, 4.69) is 20.6 Å². The van der Waals surface area contributed by atoms with Crippen molar-refractivity contribution in [2.75, 3.05) is 16.9 Å². The zero-order valence-corrected chi connectivity index (χ0v) is 16.6. The number of carbonyl (C=O) groups excluding carboxylic acids is 2. The average Bonchev–Trinajstić information content (AvgIpc) is 2.62. The van der Waals surface area contributed by atoms with Crippen LogP contribution in [0.3, 0.4) is 0 Å². The number of hydrogen-bond donors (Lipinski definition) is 2. The number of carbonyl (C=O) groups is 2. The third-order valence-electron chi connectivity index (χ3n) is 4.38. The first kappa shape index (κ1) is 19.2. The topological polar surface area (TPSA) is 93.2 Å².